The Labute approximate surface area is 234 Å². The van der Waals surface area contributed by atoms with Crippen molar-refractivity contribution in [3.05, 3.63) is 88.9 Å². The summed E-state index contributed by atoms with van der Waals surface area (Å²) in [5.41, 5.74) is 4.37. The lowest BCUT2D eigenvalue weighted by Crippen LogP contribution is -2.56. The van der Waals surface area contributed by atoms with Crippen molar-refractivity contribution in [3.63, 3.8) is 0 Å². The SMILES string of the molecule is CC1CN(CC(=O)N(C)c2ccc(N=C(c3ccccc3)c3c(O)[nH]c4cc(Cl)ccc34)cc2)CC(C)N1C. The van der Waals surface area contributed by atoms with E-state index >= 15 is 0 Å². The van der Waals surface area contributed by atoms with Gasteiger partial charge in [-0.15, -0.1) is 0 Å². The molecule has 1 fully saturated rings. The molecule has 0 spiro atoms. The summed E-state index contributed by atoms with van der Waals surface area (Å²) < 4.78 is 0. The lowest BCUT2D eigenvalue weighted by atomic mass is 10.0. The van der Waals surface area contributed by atoms with Crippen LogP contribution in [0.5, 0.6) is 5.88 Å². The van der Waals surface area contributed by atoms with Gasteiger partial charge in [-0.05, 0) is 57.3 Å². The molecule has 8 heteroatoms. The molecule has 5 rings (SSSR count). The van der Waals surface area contributed by atoms with E-state index in [1.54, 1.807) is 17.0 Å². The minimum Gasteiger partial charge on any atom is -0.494 e. The van der Waals surface area contributed by atoms with Crippen LogP contribution in [0.15, 0.2) is 77.8 Å². The topological polar surface area (TPSA) is 75.2 Å². The van der Waals surface area contributed by atoms with Crippen molar-refractivity contribution < 1.29 is 9.90 Å². The number of fused-ring (bicyclic) bond motifs is 1. The predicted molar refractivity (Wildman–Crippen MR) is 160 cm³/mol. The summed E-state index contributed by atoms with van der Waals surface area (Å²) >= 11 is 6.18. The second-order valence-corrected chi connectivity index (χ2v) is 10.8. The molecule has 202 valence electrons. The van der Waals surface area contributed by atoms with Crippen molar-refractivity contribution in [3.8, 4) is 5.88 Å². The Hall–Kier alpha value is -3.65. The fourth-order valence-corrected chi connectivity index (χ4v) is 5.39. The number of aromatic hydroxyl groups is 1. The van der Waals surface area contributed by atoms with Crippen LogP contribution in [0, 0.1) is 0 Å². The van der Waals surface area contributed by atoms with E-state index in [-0.39, 0.29) is 11.8 Å². The summed E-state index contributed by atoms with van der Waals surface area (Å²) in [5, 5.41) is 12.3. The molecule has 3 aromatic carbocycles. The maximum absolute atomic E-state index is 13.1. The van der Waals surface area contributed by atoms with Gasteiger partial charge in [-0.25, -0.2) is 4.99 Å². The highest BCUT2D eigenvalue weighted by Crippen LogP contribution is 2.33. The van der Waals surface area contributed by atoms with E-state index in [2.05, 4.69) is 35.7 Å². The Morgan fingerprint density at radius 3 is 2.38 bits per heavy atom. The molecule has 1 aliphatic heterocycles. The maximum Gasteiger partial charge on any atom is 0.240 e. The normalized spacial score (nSPS) is 18.9. The molecule has 4 aromatic rings. The first kappa shape index (κ1) is 26.9. The monoisotopic (exact) mass is 543 g/mol. The third-order valence-corrected chi connectivity index (χ3v) is 7.91. The van der Waals surface area contributed by atoms with E-state index in [4.69, 9.17) is 16.6 Å². The van der Waals surface area contributed by atoms with E-state index in [9.17, 15) is 9.90 Å². The summed E-state index contributed by atoms with van der Waals surface area (Å²) in [5.74, 6) is 0.0897. The lowest BCUT2D eigenvalue weighted by molar-refractivity contribution is -0.120. The summed E-state index contributed by atoms with van der Waals surface area (Å²) in [4.78, 5) is 27.4. The smallest absolute Gasteiger partial charge is 0.240 e. The van der Waals surface area contributed by atoms with Crippen LogP contribution >= 0.6 is 11.6 Å². The van der Waals surface area contributed by atoms with Gasteiger partial charge in [0.2, 0.25) is 5.91 Å². The van der Waals surface area contributed by atoms with Crippen molar-refractivity contribution in [2.24, 2.45) is 4.99 Å². The molecule has 2 atom stereocenters. The van der Waals surface area contributed by atoms with Gasteiger partial charge in [-0.3, -0.25) is 14.6 Å². The highest BCUT2D eigenvalue weighted by molar-refractivity contribution is 6.31. The van der Waals surface area contributed by atoms with Crippen LogP contribution in [-0.2, 0) is 4.79 Å². The third kappa shape index (κ3) is 5.71. The average molecular weight is 544 g/mol. The van der Waals surface area contributed by atoms with Gasteiger partial charge in [0.05, 0.1) is 29.0 Å². The number of benzene rings is 3. The molecule has 0 saturated carbocycles. The summed E-state index contributed by atoms with van der Waals surface area (Å²) in [6, 6.07) is 23.7. The second-order valence-electron chi connectivity index (χ2n) is 10.4. The quantitative estimate of drug-likeness (QED) is 0.307. The maximum atomic E-state index is 13.1. The zero-order valence-electron chi connectivity index (χ0n) is 22.7. The standard InChI is InChI=1S/C31H34ClN5O2/c1-20-17-37(18-21(2)35(20)3)19-28(38)36(4)25-13-11-24(12-14-25)33-30(22-8-6-5-7-9-22)29-26-15-10-23(32)16-27(26)34-31(29)39/h5-16,20-21,34,39H,17-19H2,1-4H3. The van der Waals surface area contributed by atoms with E-state index in [1.165, 1.54) is 0 Å². The van der Waals surface area contributed by atoms with Gasteiger partial charge in [0.25, 0.3) is 0 Å². The number of likely N-dealkylation sites (N-methyl/N-ethyl adjacent to an activating group) is 2. The zero-order chi connectivity index (χ0) is 27.7. The number of hydrogen-bond acceptors (Lipinski definition) is 5. The van der Waals surface area contributed by atoms with Crippen molar-refractivity contribution in [2.45, 2.75) is 25.9 Å². The molecule has 0 radical (unpaired) electrons. The zero-order valence-corrected chi connectivity index (χ0v) is 23.5. The number of aromatic nitrogens is 1. The number of aromatic amines is 1. The molecule has 7 nitrogen and oxygen atoms in total. The molecule has 0 aliphatic carbocycles. The largest absolute Gasteiger partial charge is 0.494 e. The number of aliphatic imine (C=N–C) groups is 1. The summed E-state index contributed by atoms with van der Waals surface area (Å²) in [7, 11) is 3.96. The van der Waals surface area contributed by atoms with Crippen LogP contribution in [0.2, 0.25) is 5.02 Å². The van der Waals surface area contributed by atoms with Crippen molar-refractivity contribution in [1.29, 1.82) is 0 Å². The number of nitrogens with zero attached hydrogens (tertiary/aromatic N) is 4. The van der Waals surface area contributed by atoms with Crippen molar-refractivity contribution in [2.75, 3.05) is 38.6 Å². The van der Waals surface area contributed by atoms with Gasteiger partial charge < -0.3 is 15.0 Å². The van der Waals surface area contributed by atoms with Crippen LogP contribution in [-0.4, -0.2) is 77.3 Å². The number of piperazine rings is 1. The average Bonchev–Trinajstić information content (AvgIpc) is 3.25. The fourth-order valence-electron chi connectivity index (χ4n) is 5.22. The van der Waals surface area contributed by atoms with Crippen LogP contribution in [0.3, 0.4) is 0 Å². The predicted octanol–water partition coefficient (Wildman–Crippen LogP) is 5.68. The first-order valence-corrected chi connectivity index (χ1v) is 13.5. The van der Waals surface area contributed by atoms with Crippen LogP contribution in [0.4, 0.5) is 11.4 Å². The highest BCUT2D eigenvalue weighted by Gasteiger charge is 2.28. The first-order chi connectivity index (χ1) is 18.7. The molecule has 39 heavy (non-hydrogen) atoms. The number of nitrogens with one attached hydrogen (secondary N) is 1. The number of carbonyl (C=O) groups is 1. The molecular weight excluding hydrogens is 510 g/mol. The summed E-state index contributed by atoms with van der Waals surface area (Å²) in [6.07, 6.45) is 0. The minimum atomic E-state index is 0.0318. The number of anilines is 1. The number of carbonyl (C=O) groups excluding carboxylic acids is 1. The number of amides is 1. The first-order valence-electron chi connectivity index (χ1n) is 13.2. The van der Waals surface area contributed by atoms with Crippen molar-refractivity contribution in [1.82, 2.24) is 14.8 Å². The Balaban J connectivity index is 1.41. The van der Waals surface area contributed by atoms with Crippen LogP contribution in [0.25, 0.3) is 10.9 Å². The van der Waals surface area contributed by atoms with Gasteiger partial charge in [-0.2, -0.15) is 0 Å². The molecular formula is C31H34ClN5O2. The van der Waals surface area contributed by atoms with Crippen LogP contribution in [0.1, 0.15) is 25.0 Å². The number of halogens is 1. The molecule has 2 unspecified atom stereocenters. The van der Waals surface area contributed by atoms with E-state index in [0.29, 0.717) is 40.6 Å². The molecule has 0 bridgehead atoms. The van der Waals surface area contributed by atoms with Crippen LogP contribution < -0.4 is 4.90 Å². The molecule has 2 heterocycles. The second kappa shape index (κ2) is 11.2. The fraction of sp³-hybridized carbons (Fsp3) is 0.290. The Kier molecular flexibility index (Phi) is 7.75. The van der Waals surface area contributed by atoms with E-state index in [1.807, 2.05) is 67.7 Å². The molecule has 1 amide bonds. The minimum absolute atomic E-state index is 0.0318. The van der Waals surface area contributed by atoms with Gasteiger partial charge >= 0.3 is 0 Å². The van der Waals surface area contributed by atoms with E-state index < -0.39 is 0 Å². The highest BCUT2D eigenvalue weighted by atomic mass is 35.5. The Bertz CT molecular complexity index is 1490. The molecule has 1 saturated heterocycles. The van der Waals surface area contributed by atoms with Crippen molar-refractivity contribution >= 4 is 45.5 Å². The summed E-state index contributed by atoms with van der Waals surface area (Å²) in [6.45, 7) is 6.54. The van der Waals surface area contributed by atoms with Gasteiger partial charge in [-0.1, -0.05) is 48.0 Å². The Morgan fingerprint density at radius 1 is 1.05 bits per heavy atom. The number of rotatable bonds is 6. The molecule has 2 N–H and O–H groups in total. The number of H-pyrrole nitrogens is 1. The van der Waals surface area contributed by atoms with Gasteiger partial charge in [0.1, 0.15) is 0 Å². The molecule has 1 aliphatic rings. The third-order valence-electron chi connectivity index (χ3n) is 7.67. The van der Waals surface area contributed by atoms with Gasteiger partial charge in [0.15, 0.2) is 5.88 Å². The lowest BCUT2D eigenvalue weighted by Gasteiger charge is -2.42. The van der Waals surface area contributed by atoms with Gasteiger partial charge in [0, 0.05) is 53.9 Å². The Morgan fingerprint density at radius 2 is 1.72 bits per heavy atom. The van der Waals surface area contributed by atoms with E-state index in [0.717, 1.165) is 35.2 Å². The number of hydrogen-bond donors (Lipinski definition) is 2. The molecule has 1 aromatic heterocycles.